The van der Waals surface area contributed by atoms with Crippen LogP contribution >= 0.6 is 11.6 Å². The molecular formula is C21H20ClN3O5. The molecule has 0 saturated carbocycles. The topological polar surface area (TPSA) is 95.2 Å². The van der Waals surface area contributed by atoms with E-state index in [0.717, 1.165) is 11.1 Å². The second-order valence-corrected chi connectivity index (χ2v) is 6.64. The Balaban J connectivity index is 1.50. The van der Waals surface area contributed by atoms with Crippen molar-refractivity contribution < 1.29 is 23.6 Å². The van der Waals surface area contributed by atoms with Gasteiger partial charge in [-0.15, -0.1) is 0 Å². The molecule has 1 aromatic heterocycles. The van der Waals surface area contributed by atoms with Gasteiger partial charge in [-0.2, -0.15) is 0 Å². The molecule has 2 aromatic carbocycles. The highest BCUT2D eigenvalue weighted by Crippen LogP contribution is 2.28. The number of ether oxygens (including phenoxy) is 2. The number of oxime groups is 1. The number of aryl methyl sites for hydroxylation is 1. The molecule has 0 aliphatic carbocycles. The predicted octanol–water partition coefficient (Wildman–Crippen LogP) is 4.21. The second kappa shape index (κ2) is 10.3. The minimum Gasteiger partial charge on any atom is -0.493 e. The largest absolute Gasteiger partial charge is 0.493 e. The van der Waals surface area contributed by atoms with E-state index in [1.807, 2.05) is 24.3 Å². The summed E-state index contributed by atoms with van der Waals surface area (Å²) in [5, 5.41) is 10.7. The standard InChI is InChI=1S/C21H20ClN3O5/c1-14-9-20(25-30-14)24-21(26)13-29-23-11-16-5-8-18(19(10-16)27-2)28-12-15-3-6-17(22)7-4-15/h3-11H,12-13H2,1-2H3,(H,24,25,26). The molecule has 0 atom stereocenters. The number of nitrogens with zero attached hydrogens (tertiary/aromatic N) is 2. The molecule has 0 aliphatic heterocycles. The third-order valence-electron chi connectivity index (χ3n) is 3.86. The summed E-state index contributed by atoms with van der Waals surface area (Å²) in [6.45, 7) is 1.85. The van der Waals surface area contributed by atoms with Crippen LogP contribution in [0.1, 0.15) is 16.9 Å². The summed E-state index contributed by atoms with van der Waals surface area (Å²) in [6.07, 6.45) is 1.47. The van der Waals surface area contributed by atoms with Crippen LogP contribution in [-0.4, -0.2) is 31.0 Å². The summed E-state index contributed by atoms with van der Waals surface area (Å²) < 4.78 is 16.1. The molecule has 3 aromatic rings. The fourth-order valence-corrected chi connectivity index (χ4v) is 2.55. The molecule has 156 valence electrons. The molecule has 0 bridgehead atoms. The van der Waals surface area contributed by atoms with Crippen molar-refractivity contribution in [3.05, 3.63) is 70.4 Å². The Morgan fingerprint density at radius 1 is 1.20 bits per heavy atom. The normalized spacial score (nSPS) is 10.8. The SMILES string of the molecule is COc1cc(C=NOCC(=O)Nc2cc(C)on2)ccc1OCc1ccc(Cl)cc1. The Bertz CT molecular complexity index is 1020. The first kappa shape index (κ1) is 21.2. The number of halogens is 1. The van der Waals surface area contributed by atoms with E-state index >= 15 is 0 Å². The van der Waals surface area contributed by atoms with Crippen LogP contribution in [0.4, 0.5) is 5.82 Å². The smallest absolute Gasteiger partial charge is 0.266 e. The first-order valence-electron chi connectivity index (χ1n) is 8.97. The zero-order chi connectivity index (χ0) is 21.3. The molecule has 9 heteroatoms. The lowest BCUT2D eigenvalue weighted by molar-refractivity contribution is -0.120. The number of anilines is 1. The molecule has 1 amide bonds. The Morgan fingerprint density at radius 2 is 2.00 bits per heavy atom. The van der Waals surface area contributed by atoms with Crippen molar-refractivity contribution in [2.24, 2.45) is 5.16 Å². The zero-order valence-electron chi connectivity index (χ0n) is 16.4. The van der Waals surface area contributed by atoms with Crippen molar-refractivity contribution in [1.29, 1.82) is 0 Å². The molecule has 0 saturated heterocycles. The van der Waals surface area contributed by atoms with E-state index in [4.69, 9.17) is 30.4 Å². The first-order valence-corrected chi connectivity index (χ1v) is 9.35. The third-order valence-corrected chi connectivity index (χ3v) is 4.11. The van der Waals surface area contributed by atoms with Gasteiger partial charge in [0.25, 0.3) is 5.91 Å². The molecule has 0 unspecified atom stereocenters. The second-order valence-electron chi connectivity index (χ2n) is 6.20. The van der Waals surface area contributed by atoms with Crippen LogP contribution in [0.5, 0.6) is 11.5 Å². The van der Waals surface area contributed by atoms with E-state index < -0.39 is 5.91 Å². The molecule has 3 rings (SSSR count). The van der Waals surface area contributed by atoms with Crippen LogP contribution in [0.2, 0.25) is 5.02 Å². The van der Waals surface area contributed by atoms with Gasteiger partial charge in [0, 0.05) is 16.7 Å². The average molecular weight is 430 g/mol. The zero-order valence-corrected chi connectivity index (χ0v) is 17.2. The minimum atomic E-state index is -0.399. The number of carbonyl (C=O) groups is 1. The summed E-state index contributed by atoms with van der Waals surface area (Å²) in [5.41, 5.74) is 1.71. The number of rotatable bonds is 9. The quantitative estimate of drug-likeness (QED) is 0.404. The maximum absolute atomic E-state index is 11.8. The number of methoxy groups -OCH3 is 1. The third kappa shape index (κ3) is 6.25. The Hall–Kier alpha value is -3.52. The Labute approximate surface area is 178 Å². The summed E-state index contributed by atoms with van der Waals surface area (Å²) in [7, 11) is 1.55. The van der Waals surface area contributed by atoms with Crippen LogP contribution in [0.25, 0.3) is 0 Å². The number of hydrogen-bond donors (Lipinski definition) is 1. The lowest BCUT2D eigenvalue weighted by Crippen LogP contribution is -2.17. The van der Waals surface area contributed by atoms with Gasteiger partial charge < -0.3 is 24.2 Å². The van der Waals surface area contributed by atoms with Crippen LogP contribution < -0.4 is 14.8 Å². The summed E-state index contributed by atoms with van der Waals surface area (Å²) in [4.78, 5) is 16.8. The summed E-state index contributed by atoms with van der Waals surface area (Å²) in [5.74, 6) is 1.66. The average Bonchev–Trinajstić information content (AvgIpc) is 3.15. The van der Waals surface area contributed by atoms with E-state index in [1.54, 1.807) is 38.3 Å². The lowest BCUT2D eigenvalue weighted by Gasteiger charge is -2.11. The van der Waals surface area contributed by atoms with Crippen molar-refractivity contribution >= 4 is 29.5 Å². The molecule has 0 spiro atoms. The maximum atomic E-state index is 11.8. The minimum absolute atomic E-state index is 0.262. The van der Waals surface area contributed by atoms with E-state index in [-0.39, 0.29) is 6.61 Å². The molecule has 30 heavy (non-hydrogen) atoms. The van der Waals surface area contributed by atoms with Gasteiger partial charge in [-0.25, -0.2) is 0 Å². The molecule has 0 aliphatic rings. The molecule has 1 N–H and O–H groups in total. The number of carbonyl (C=O) groups excluding carboxylic acids is 1. The number of benzene rings is 2. The van der Waals surface area contributed by atoms with Crippen LogP contribution in [0.15, 0.2) is 58.2 Å². The lowest BCUT2D eigenvalue weighted by atomic mass is 10.2. The highest BCUT2D eigenvalue weighted by Gasteiger charge is 2.07. The van der Waals surface area contributed by atoms with Gasteiger partial charge in [-0.3, -0.25) is 4.79 Å². The first-order chi connectivity index (χ1) is 14.5. The van der Waals surface area contributed by atoms with Gasteiger partial charge >= 0.3 is 0 Å². The van der Waals surface area contributed by atoms with Gasteiger partial charge in [0.2, 0.25) is 0 Å². The fraction of sp³-hybridized carbons (Fsp3) is 0.190. The molecule has 0 fully saturated rings. The highest BCUT2D eigenvalue weighted by molar-refractivity contribution is 6.30. The van der Waals surface area contributed by atoms with E-state index in [9.17, 15) is 4.79 Å². The van der Waals surface area contributed by atoms with E-state index in [0.29, 0.717) is 34.7 Å². The number of amides is 1. The van der Waals surface area contributed by atoms with Crippen molar-refractivity contribution in [3.63, 3.8) is 0 Å². The maximum Gasteiger partial charge on any atom is 0.266 e. The molecule has 1 heterocycles. The number of aromatic nitrogens is 1. The van der Waals surface area contributed by atoms with Gasteiger partial charge in [0.15, 0.2) is 23.9 Å². The summed E-state index contributed by atoms with van der Waals surface area (Å²) >= 11 is 5.89. The predicted molar refractivity (Wildman–Crippen MR) is 112 cm³/mol. The van der Waals surface area contributed by atoms with Crippen molar-refractivity contribution in [2.75, 3.05) is 19.0 Å². The molecular weight excluding hydrogens is 410 g/mol. The molecule has 0 radical (unpaired) electrons. The van der Waals surface area contributed by atoms with E-state index in [1.165, 1.54) is 6.21 Å². The van der Waals surface area contributed by atoms with Crippen LogP contribution in [0, 0.1) is 6.92 Å². The molecule has 8 nitrogen and oxygen atoms in total. The van der Waals surface area contributed by atoms with Crippen molar-refractivity contribution in [3.8, 4) is 11.5 Å². The summed E-state index contributed by atoms with van der Waals surface area (Å²) in [6, 6.07) is 14.3. The van der Waals surface area contributed by atoms with Crippen LogP contribution in [0.3, 0.4) is 0 Å². The Morgan fingerprint density at radius 3 is 2.70 bits per heavy atom. The van der Waals surface area contributed by atoms with Crippen LogP contribution in [-0.2, 0) is 16.2 Å². The van der Waals surface area contributed by atoms with Gasteiger partial charge in [-0.05, 0) is 42.8 Å². The van der Waals surface area contributed by atoms with Gasteiger partial charge in [0.05, 0.1) is 13.3 Å². The number of nitrogens with one attached hydrogen (secondary N) is 1. The van der Waals surface area contributed by atoms with Crippen molar-refractivity contribution in [2.45, 2.75) is 13.5 Å². The van der Waals surface area contributed by atoms with Gasteiger partial charge in [-0.1, -0.05) is 34.0 Å². The Kier molecular flexibility index (Phi) is 7.29. The van der Waals surface area contributed by atoms with Crippen molar-refractivity contribution in [1.82, 2.24) is 5.16 Å². The van der Waals surface area contributed by atoms with E-state index in [2.05, 4.69) is 15.6 Å². The van der Waals surface area contributed by atoms with Gasteiger partial charge in [0.1, 0.15) is 12.4 Å². The highest BCUT2D eigenvalue weighted by atomic mass is 35.5. The monoisotopic (exact) mass is 429 g/mol. The fourth-order valence-electron chi connectivity index (χ4n) is 2.42. The number of hydrogen-bond acceptors (Lipinski definition) is 7.